The Morgan fingerprint density at radius 1 is 1.53 bits per heavy atom. The van der Waals surface area contributed by atoms with E-state index in [-0.39, 0.29) is 29.9 Å². The third-order valence-electron chi connectivity index (χ3n) is 2.57. The van der Waals surface area contributed by atoms with E-state index in [2.05, 4.69) is 26.6 Å². The molecule has 6 heteroatoms. The van der Waals surface area contributed by atoms with Gasteiger partial charge >= 0.3 is 0 Å². The average molecular weight is 324 g/mol. The lowest BCUT2D eigenvalue weighted by Crippen LogP contribution is -2.36. The second-order valence-corrected chi connectivity index (χ2v) is 4.70. The van der Waals surface area contributed by atoms with Crippen LogP contribution < -0.4 is 10.6 Å². The number of amides is 1. The van der Waals surface area contributed by atoms with Gasteiger partial charge in [0.05, 0.1) is 5.56 Å². The minimum atomic E-state index is -0.502. The van der Waals surface area contributed by atoms with Crippen molar-refractivity contribution in [2.24, 2.45) is 0 Å². The summed E-state index contributed by atoms with van der Waals surface area (Å²) in [5, 5.41) is 5.94. The maximum absolute atomic E-state index is 13.5. The zero-order valence-electron chi connectivity index (χ0n) is 9.00. The zero-order valence-corrected chi connectivity index (χ0v) is 11.4. The average Bonchev–Trinajstić information content (AvgIpc) is 2.70. The highest BCUT2D eigenvalue weighted by atomic mass is 79.9. The topological polar surface area (TPSA) is 41.1 Å². The summed E-state index contributed by atoms with van der Waals surface area (Å²) in [6, 6.07) is 4.54. The molecule has 2 rings (SSSR count). The number of rotatable bonds is 2. The van der Waals surface area contributed by atoms with E-state index < -0.39 is 5.82 Å². The van der Waals surface area contributed by atoms with Crippen molar-refractivity contribution in [3.8, 4) is 0 Å². The van der Waals surface area contributed by atoms with Crippen molar-refractivity contribution in [1.29, 1.82) is 0 Å². The Bertz CT molecular complexity index is 410. The lowest BCUT2D eigenvalue weighted by molar-refractivity contribution is 0.0936. The summed E-state index contributed by atoms with van der Waals surface area (Å²) in [4.78, 5) is 11.7. The van der Waals surface area contributed by atoms with Crippen LogP contribution in [0.1, 0.15) is 16.8 Å². The fraction of sp³-hybridized carbons (Fsp3) is 0.364. The number of carbonyl (C=O) groups is 1. The molecule has 94 valence electrons. The molecule has 0 saturated carbocycles. The summed E-state index contributed by atoms with van der Waals surface area (Å²) in [7, 11) is 0. The predicted molar refractivity (Wildman–Crippen MR) is 70.1 cm³/mol. The lowest BCUT2D eigenvalue weighted by Gasteiger charge is -2.11. The van der Waals surface area contributed by atoms with Gasteiger partial charge in [0.1, 0.15) is 5.82 Å². The van der Waals surface area contributed by atoms with Crippen molar-refractivity contribution in [3.63, 3.8) is 0 Å². The highest BCUT2D eigenvalue weighted by Crippen LogP contribution is 2.15. The van der Waals surface area contributed by atoms with Crippen LogP contribution in [0.25, 0.3) is 0 Å². The maximum atomic E-state index is 13.5. The quantitative estimate of drug-likeness (QED) is 0.875. The van der Waals surface area contributed by atoms with Crippen LogP contribution in [0.2, 0.25) is 0 Å². The summed E-state index contributed by atoms with van der Waals surface area (Å²) in [6.07, 6.45) is 0.893. The second kappa shape index (κ2) is 6.33. The Balaban J connectivity index is 0.00000144. The molecule has 1 heterocycles. The van der Waals surface area contributed by atoms with Crippen LogP contribution in [-0.2, 0) is 0 Å². The first-order chi connectivity index (χ1) is 7.66. The van der Waals surface area contributed by atoms with Crippen LogP contribution in [-0.4, -0.2) is 25.0 Å². The first kappa shape index (κ1) is 14.4. The molecule has 2 N–H and O–H groups in total. The maximum Gasteiger partial charge on any atom is 0.254 e. The minimum Gasteiger partial charge on any atom is -0.348 e. The third kappa shape index (κ3) is 3.66. The Morgan fingerprint density at radius 2 is 2.29 bits per heavy atom. The van der Waals surface area contributed by atoms with Crippen molar-refractivity contribution in [2.75, 3.05) is 13.1 Å². The summed E-state index contributed by atoms with van der Waals surface area (Å²) in [5.74, 6) is -0.850. The number of benzene rings is 1. The third-order valence-corrected chi connectivity index (χ3v) is 3.06. The van der Waals surface area contributed by atoms with Gasteiger partial charge in [-0.2, -0.15) is 0 Å². The van der Waals surface area contributed by atoms with Gasteiger partial charge in [-0.3, -0.25) is 4.79 Å². The van der Waals surface area contributed by atoms with Crippen LogP contribution in [0.5, 0.6) is 0 Å². The minimum absolute atomic E-state index is 0. The molecule has 0 aliphatic carbocycles. The molecular formula is C11H13BrClFN2O. The molecule has 1 aromatic rings. The zero-order chi connectivity index (χ0) is 11.5. The summed E-state index contributed by atoms with van der Waals surface area (Å²) in [5.41, 5.74) is 0.0927. The molecule has 1 saturated heterocycles. The molecule has 1 aliphatic rings. The van der Waals surface area contributed by atoms with E-state index >= 15 is 0 Å². The molecule has 1 atom stereocenters. The highest BCUT2D eigenvalue weighted by molar-refractivity contribution is 9.10. The fourth-order valence-electron chi connectivity index (χ4n) is 1.71. The highest BCUT2D eigenvalue weighted by Gasteiger charge is 2.19. The van der Waals surface area contributed by atoms with Gasteiger partial charge < -0.3 is 10.6 Å². The molecule has 3 nitrogen and oxygen atoms in total. The van der Waals surface area contributed by atoms with Gasteiger partial charge in [-0.05, 0) is 31.2 Å². The van der Waals surface area contributed by atoms with E-state index in [1.54, 1.807) is 6.07 Å². The van der Waals surface area contributed by atoms with Gasteiger partial charge in [0.25, 0.3) is 5.91 Å². The van der Waals surface area contributed by atoms with Crippen molar-refractivity contribution >= 4 is 34.2 Å². The van der Waals surface area contributed by atoms with Crippen LogP contribution in [0.3, 0.4) is 0 Å². The first-order valence-electron chi connectivity index (χ1n) is 5.13. The van der Waals surface area contributed by atoms with Crippen LogP contribution in [0, 0.1) is 5.82 Å². The number of hydrogen-bond donors (Lipinski definition) is 2. The van der Waals surface area contributed by atoms with Crippen molar-refractivity contribution in [2.45, 2.75) is 12.5 Å². The predicted octanol–water partition coefficient (Wildman–Crippen LogP) is 2.10. The Kier molecular flexibility index (Phi) is 5.36. The van der Waals surface area contributed by atoms with Gasteiger partial charge in [-0.1, -0.05) is 15.9 Å². The van der Waals surface area contributed by atoms with Crippen molar-refractivity contribution in [1.82, 2.24) is 10.6 Å². The standard InChI is InChI=1S/C11H12BrFN2O.ClH/c12-7-1-2-9(10(13)5-7)11(16)15-8-3-4-14-6-8;/h1-2,5,8,14H,3-4,6H2,(H,15,16);1H. The molecular weight excluding hydrogens is 310 g/mol. The van der Waals surface area contributed by atoms with Gasteiger partial charge in [-0.25, -0.2) is 4.39 Å². The summed E-state index contributed by atoms with van der Waals surface area (Å²) in [6.45, 7) is 1.65. The Labute approximate surface area is 114 Å². The summed E-state index contributed by atoms with van der Waals surface area (Å²) < 4.78 is 14.1. The van der Waals surface area contributed by atoms with Crippen LogP contribution in [0.15, 0.2) is 22.7 Å². The molecule has 0 aromatic heterocycles. The lowest BCUT2D eigenvalue weighted by atomic mass is 10.1. The fourth-order valence-corrected chi connectivity index (χ4v) is 2.05. The van der Waals surface area contributed by atoms with E-state index in [1.807, 2.05) is 0 Å². The molecule has 17 heavy (non-hydrogen) atoms. The summed E-state index contributed by atoms with van der Waals surface area (Å²) >= 11 is 3.15. The van der Waals surface area contributed by atoms with Gasteiger partial charge in [-0.15, -0.1) is 12.4 Å². The van der Waals surface area contributed by atoms with Crippen molar-refractivity contribution < 1.29 is 9.18 Å². The first-order valence-corrected chi connectivity index (χ1v) is 5.93. The Morgan fingerprint density at radius 3 is 2.88 bits per heavy atom. The van der Waals surface area contributed by atoms with Crippen LogP contribution >= 0.6 is 28.3 Å². The Hall–Kier alpha value is -0.650. The molecule has 0 radical (unpaired) electrons. The largest absolute Gasteiger partial charge is 0.348 e. The number of halogens is 3. The molecule has 0 spiro atoms. The van der Waals surface area contributed by atoms with Crippen molar-refractivity contribution in [3.05, 3.63) is 34.1 Å². The number of nitrogens with one attached hydrogen (secondary N) is 2. The van der Waals surface area contributed by atoms with E-state index in [0.29, 0.717) is 4.47 Å². The van der Waals surface area contributed by atoms with E-state index in [9.17, 15) is 9.18 Å². The molecule has 1 amide bonds. The monoisotopic (exact) mass is 322 g/mol. The van der Waals surface area contributed by atoms with E-state index in [4.69, 9.17) is 0 Å². The molecule has 1 unspecified atom stereocenters. The van der Waals surface area contributed by atoms with Crippen LogP contribution in [0.4, 0.5) is 4.39 Å². The second-order valence-electron chi connectivity index (χ2n) is 3.79. The molecule has 1 aliphatic heterocycles. The van der Waals surface area contributed by atoms with Gasteiger partial charge in [0.2, 0.25) is 0 Å². The number of carbonyl (C=O) groups excluding carboxylic acids is 1. The normalized spacial score (nSPS) is 18.6. The van der Waals surface area contributed by atoms with Gasteiger partial charge in [0, 0.05) is 17.1 Å². The van der Waals surface area contributed by atoms with Gasteiger partial charge in [0.15, 0.2) is 0 Å². The van der Waals surface area contributed by atoms with E-state index in [0.717, 1.165) is 19.5 Å². The smallest absolute Gasteiger partial charge is 0.254 e. The number of hydrogen-bond acceptors (Lipinski definition) is 2. The molecule has 1 fully saturated rings. The molecule has 1 aromatic carbocycles. The SMILES string of the molecule is Cl.O=C(NC1CCNC1)c1ccc(Br)cc1F. The van der Waals surface area contributed by atoms with E-state index in [1.165, 1.54) is 12.1 Å². The molecule has 0 bridgehead atoms.